The third-order valence-corrected chi connectivity index (χ3v) is 1.85. The second-order valence-electron chi connectivity index (χ2n) is 4.00. The van der Waals surface area contributed by atoms with Gasteiger partial charge in [0.2, 0.25) is 0 Å². The van der Waals surface area contributed by atoms with Crippen molar-refractivity contribution in [3.05, 3.63) is 12.4 Å². The Labute approximate surface area is 83.4 Å². The maximum Gasteiger partial charge on any atom is 0.144 e. The Morgan fingerprint density at radius 2 is 2.14 bits per heavy atom. The van der Waals surface area contributed by atoms with E-state index < -0.39 is 0 Å². The van der Waals surface area contributed by atoms with Crippen molar-refractivity contribution in [1.29, 1.82) is 0 Å². The van der Waals surface area contributed by atoms with Crippen molar-refractivity contribution in [3.63, 3.8) is 0 Å². The molecule has 0 saturated carbocycles. The van der Waals surface area contributed by atoms with Crippen LogP contribution in [-0.2, 0) is 0 Å². The van der Waals surface area contributed by atoms with Gasteiger partial charge in [-0.1, -0.05) is 13.8 Å². The van der Waals surface area contributed by atoms with Crippen LogP contribution in [0, 0.1) is 5.41 Å². The molecule has 0 aromatic carbocycles. The van der Waals surface area contributed by atoms with Gasteiger partial charge in [-0.15, -0.1) is 0 Å². The SMILES string of the molecule is CC(C)(CO)CNc1cnc(N)cn1. The van der Waals surface area contributed by atoms with Crippen LogP contribution in [0.2, 0.25) is 0 Å². The third kappa shape index (κ3) is 3.18. The number of hydrogen-bond acceptors (Lipinski definition) is 5. The lowest BCUT2D eigenvalue weighted by molar-refractivity contribution is 0.170. The van der Waals surface area contributed by atoms with Crippen molar-refractivity contribution in [3.8, 4) is 0 Å². The number of anilines is 2. The normalized spacial score (nSPS) is 11.4. The van der Waals surface area contributed by atoms with Gasteiger partial charge < -0.3 is 16.2 Å². The van der Waals surface area contributed by atoms with Gasteiger partial charge in [-0.25, -0.2) is 9.97 Å². The summed E-state index contributed by atoms with van der Waals surface area (Å²) in [5.41, 5.74) is 5.23. The zero-order valence-electron chi connectivity index (χ0n) is 8.49. The Balaban J connectivity index is 2.50. The van der Waals surface area contributed by atoms with Crippen molar-refractivity contribution in [2.24, 2.45) is 5.41 Å². The van der Waals surface area contributed by atoms with Crippen LogP contribution in [0.25, 0.3) is 0 Å². The topological polar surface area (TPSA) is 84.1 Å². The molecule has 0 aliphatic carbocycles. The highest BCUT2D eigenvalue weighted by atomic mass is 16.3. The smallest absolute Gasteiger partial charge is 0.144 e. The highest BCUT2D eigenvalue weighted by molar-refractivity contribution is 5.36. The number of aliphatic hydroxyl groups is 1. The van der Waals surface area contributed by atoms with Crippen molar-refractivity contribution < 1.29 is 5.11 Å². The average molecular weight is 196 g/mol. The van der Waals surface area contributed by atoms with E-state index in [-0.39, 0.29) is 12.0 Å². The zero-order chi connectivity index (χ0) is 10.6. The molecule has 1 aromatic rings. The number of nitrogens with one attached hydrogen (secondary N) is 1. The third-order valence-electron chi connectivity index (χ3n) is 1.85. The van der Waals surface area contributed by atoms with Crippen LogP contribution in [0.15, 0.2) is 12.4 Å². The first kappa shape index (κ1) is 10.7. The summed E-state index contributed by atoms with van der Waals surface area (Å²) in [4.78, 5) is 7.93. The lowest BCUT2D eigenvalue weighted by atomic mass is 9.95. The molecule has 0 spiro atoms. The maximum absolute atomic E-state index is 9.02. The van der Waals surface area contributed by atoms with Crippen molar-refractivity contribution in [2.45, 2.75) is 13.8 Å². The van der Waals surface area contributed by atoms with Crippen LogP contribution in [0.3, 0.4) is 0 Å². The molecule has 0 aliphatic rings. The fourth-order valence-corrected chi connectivity index (χ4v) is 0.815. The van der Waals surface area contributed by atoms with Crippen LogP contribution >= 0.6 is 0 Å². The molecular formula is C9H16N4O. The molecule has 5 nitrogen and oxygen atoms in total. The monoisotopic (exact) mass is 196 g/mol. The van der Waals surface area contributed by atoms with E-state index in [1.54, 1.807) is 6.20 Å². The average Bonchev–Trinajstić information content (AvgIpc) is 2.17. The molecule has 1 aromatic heterocycles. The quantitative estimate of drug-likeness (QED) is 0.652. The molecule has 0 fully saturated rings. The van der Waals surface area contributed by atoms with E-state index in [0.29, 0.717) is 18.2 Å². The Bertz CT molecular complexity index is 283. The number of aromatic nitrogens is 2. The Kier molecular flexibility index (Phi) is 3.24. The van der Waals surface area contributed by atoms with Crippen molar-refractivity contribution >= 4 is 11.6 Å². The molecule has 0 amide bonds. The van der Waals surface area contributed by atoms with Gasteiger partial charge in [0.25, 0.3) is 0 Å². The molecule has 5 heteroatoms. The van der Waals surface area contributed by atoms with Crippen LogP contribution in [0.1, 0.15) is 13.8 Å². The van der Waals surface area contributed by atoms with E-state index in [9.17, 15) is 0 Å². The second-order valence-corrected chi connectivity index (χ2v) is 4.00. The molecule has 4 N–H and O–H groups in total. The molecule has 1 rings (SSSR count). The second kappa shape index (κ2) is 4.23. The number of nitrogen functional groups attached to an aromatic ring is 1. The van der Waals surface area contributed by atoms with Gasteiger partial charge in [0.1, 0.15) is 11.6 Å². The summed E-state index contributed by atoms with van der Waals surface area (Å²) in [7, 11) is 0. The van der Waals surface area contributed by atoms with E-state index in [1.807, 2.05) is 13.8 Å². The molecule has 0 radical (unpaired) electrons. The van der Waals surface area contributed by atoms with Gasteiger partial charge in [0.15, 0.2) is 0 Å². The molecule has 0 aliphatic heterocycles. The predicted molar refractivity (Wildman–Crippen MR) is 55.8 cm³/mol. The van der Waals surface area contributed by atoms with Gasteiger partial charge in [-0.2, -0.15) is 0 Å². The minimum atomic E-state index is -0.164. The van der Waals surface area contributed by atoms with Crippen LogP contribution in [0.5, 0.6) is 0 Å². The maximum atomic E-state index is 9.02. The summed E-state index contributed by atoms with van der Waals surface area (Å²) >= 11 is 0. The highest BCUT2D eigenvalue weighted by Gasteiger charge is 2.15. The summed E-state index contributed by atoms with van der Waals surface area (Å²) < 4.78 is 0. The van der Waals surface area contributed by atoms with E-state index in [0.717, 1.165) is 0 Å². The van der Waals surface area contributed by atoms with Gasteiger partial charge in [0.05, 0.1) is 12.4 Å². The molecule has 0 bridgehead atoms. The summed E-state index contributed by atoms with van der Waals surface area (Å²) in [5.74, 6) is 1.07. The molecular weight excluding hydrogens is 180 g/mol. The van der Waals surface area contributed by atoms with Crippen LogP contribution < -0.4 is 11.1 Å². The molecule has 78 valence electrons. The zero-order valence-corrected chi connectivity index (χ0v) is 8.49. The summed E-state index contributed by atoms with van der Waals surface area (Å²) in [6.07, 6.45) is 3.07. The summed E-state index contributed by atoms with van der Waals surface area (Å²) in [5, 5.41) is 12.1. The summed E-state index contributed by atoms with van der Waals surface area (Å²) in [6, 6.07) is 0. The lowest BCUT2D eigenvalue weighted by Gasteiger charge is -2.21. The fourth-order valence-electron chi connectivity index (χ4n) is 0.815. The first-order valence-electron chi connectivity index (χ1n) is 4.46. The number of hydrogen-bond donors (Lipinski definition) is 3. The van der Waals surface area contributed by atoms with Crippen molar-refractivity contribution in [1.82, 2.24) is 9.97 Å². The minimum Gasteiger partial charge on any atom is -0.396 e. The largest absolute Gasteiger partial charge is 0.396 e. The van der Waals surface area contributed by atoms with E-state index >= 15 is 0 Å². The number of nitrogens with two attached hydrogens (primary N) is 1. The van der Waals surface area contributed by atoms with E-state index in [4.69, 9.17) is 10.8 Å². The van der Waals surface area contributed by atoms with Gasteiger partial charge >= 0.3 is 0 Å². The molecule has 14 heavy (non-hydrogen) atoms. The first-order valence-corrected chi connectivity index (χ1v) is 4.46. The van der Waals surface area contributed by atoms with Crippen LogP contribution in [-0.4, -0.2) is 28.2 Å². The number of rotatable bonds is 4. The lowest BCUT2D eigenvalue weighted by Crippen LogP contribution is -2.27. The molecule has 0 unspecified atom stereocenters. The van der Waals surface area contributed by atoms with Gasteiger partial charge in [-0.05, 0) is 0 Å². The number of nitrogens with zero attached hydrogens (tertiary/aromatic N) is 2. The van der Waals surface area contributed by atoms with Gasteiger partial charge in [-0.3, -0.25) is 0 Å². The van der Waals surface area contributed by atoms with E-state index in [1.165, 1.54) is 6.20 Å². The molecule has 1 heterocycles. The molecule has 0 saturated heterocycles. The fraction of sp³-hybridized carbons (Fsp3) is 0.556. The Hall–Kier alpha value is -1.36. The van der Waals surface area contributed by atoms with Crippen LogP contribution in [0.4, 0.5) is 11.6 Å². The van der Waals surface area contributed by atoms with Crippen molar-refractivity contribution in [2.75, 3.05) is 24.2 Å². The summed E-state index contributed by atoms with van der Waals surface area (Å²) in [6.45, 7) is 4.69. The number of aliphatic hydroxyl groups excluding tert-OH is 1. The molecule has 0 atom stereocenters. The van der Waals surface area contributed by atoms with E-state index in [2.05, 4.69) is 15.3 Å². The minimum absolute atomic E-state index is 0.127. The Morgan fingerprint density at radius 3 is 2.64 bits per heavy atom. The Morgan fingerprint density at radius 1 is 1.43 bits per heavy atom. The predicted octanol–water partition coefficient (Wildman–Crippen LogP) is 0.489. The van der Waals surface area contributed by atoms with Gasteiger partial charge in [0, 0.05) is 18.6 Å². The standard InChI is InChI=1S/C9H16N4O/c1-9(2,6-14)5-13-8-4-11-7(10)3-12-8/h3-4,14H,5-6H2,1-2H3,(H2,10,11)(H,12,13). The first-order chi connectivity index (χ1) is 6.53. The highest BCUT2D eigenvalue weighted by Crippen LogP contribution is 2.14.